The van der Waals surface area contributed by atoms with Crippen molar-refractivity contribution in [2.45, 2.75) is 51.0 Å². The van der Waals surface area contributed by atoms with E-state index in [2.05, 4.69) is 15.5 Å². The second-order valence-corrected chi connectivity index (χ2v) is 6.30. The van der Waals surface area contributed by atoms with Gasteiger partial charge in [-0.25, -0.2) is 13.6 Å². The molecule has 1 rings (SSSR count). The maximum Gasteiger partial charge on any atom is 0.273 e. The number of carbonyl (C=O) groups excluding carboxylic acids is 1. The fraction of sp³-hybridized carbons (Fsp3) is 0.636. The van der Waals surface area contributed by atoms with Gasteiger partial charge < -0.3 is 5.32 Å². The minimum Gasteiger partial charge on any atom is -0.348 e. The van der Waals surface area contributed by atoms with Crippen molar-refractivity contribution >= 4 is 15.9 Å². The third kappa shape index (κ3) is 3.54. The Morgan fingerprint density at radius 3 is 2.42 bits per heavy atom. The van der Waals surface area contributed by atoms with Crippen molar-refractivity contribution in [1.82, 2.24) is 15.5 Å². The first-order valence-corrected chi connectivity index (χ1v) is 7.65. The largest absolute Gasteiger partial charge is 0.348 e. The number of primary sulfonamides is 1. The summed E-state index contributed by atoms with van der Waals surface area (Å²) in [5.74, 6) is -0.674. The van der Waals surface area contributed by atoms with Gasteiger partial charge in [-0.2, -0.15) is 5.10 Å². The lowest BCUT2D eigenvalue weighted by Gasteiger charge is -2.11. The Kier molecular flexibility index (Phi) is 4.70. The minimum atomic E-state index is -4.01. The Balaban J connectivity index is 3.26. The molecule has 0 spiro atoms. The zero-order valence-electron chi connectivity index (χ0n) is 11.5. The molecule has 108 valence electrons. The Hall–Kier alpha value is -1.41. The Morgan fingerprint density at radius 2 is 2.00 bits per heavy atom. The standard InChI is InChI=1S/C11H20N4O3S/c1-5-7(4)13-11(16)9-10(19(12,17)18)8(6(2)3)14-15-9/h6-7H,5H2,1-4H3,(H,13,16)(H,14,15)(H2,12,17,18). The number of nitrogens with one attached hydrogen (secondary N) is 2. The van der Waals surface area contributed by atoms with Gasteiger partial charge in [-0.1, -0.05) is 20.8 Å². The number of H-pyrrole nitrogens is 1. The number of amides is 1. The van der Waals surface area contributed by atoms with Crippen molar-refractivity contribution in [2.75, 3.05) is 0 Å². The highest BCUT2D eigenvalue weighted by Crippen LogP contribution is 2.23. The van der Waals surface area contributed by atoms with Crippen LogP contribution in [0.3, 0.4) is 0 Å². The van der Waals surface area contributed by atoms with E-state index >= 15 is 0 Å². The van der Waals surface area contributed by atoms with E-state index in [9.17, 15) is 13.2 Å². The Labute approximate surface area is 113 Å². The van der Waals surface area contributed by atoms with Crippen LogP contribution in [0.25, 0.3) is 0 Å². The van der Waals surface area contributed by atoms with Crippen LogP contribution in [0, 0.1) is 0 Å². The minimum absolute atomic E-state index is 0.0694. The van der Waals surface area contributed by atoms with Crippen LogP contribution in [-0.2, 0) is 10.0 Å². The van der Waals surface area contributed by atoms with Gasteiger partial charge in [0.2, 0.25) is 10.0 Å². The monoisotopic (exact) mass is 288 g/mol. The molecule has 1 aromatic rings. The average Bonchev–Trinajstić information content (AvgIpc) is 2.72. The van der Waals surface area contributed by atoms with Crippen LogP contribution < -0.4 is 10.5 Å². The molecule has 0 fully saturated rings. The lowest BCUT2D eigenvalue weighted by atomic mass is 10.1. The van der Waals surface area contributed by atoms with Crippen molar-refractivity contribution in [2.24, 2.45) is 5.14 Å². The topological polar surface area (TPSA) is 118 Å². The fourth-order valence-corrected chi connectivity index (χ4v) is 2.57. The highest BCUT2D eigenvalue weighted by molar-refractivity contribution is 7.89. The molecule has 0 aliphatic carbocycles. The lowest BCUT2D eigenvalue weighted by Crippen LogP contribution is -2.33. The van der Waals surface area contributed by atoms with Gasteiger partial charge in [0, 0.05) is 6.04 Å². The molecule has 8 heteroatoms. The van der Waals surface area contributed by atoms with Crippen molar-refractivity contribution in [3.8, 4) is 0 Å². The summed E-state index contributed by atoms with van der Waals surface area (Å²) in [4.78, 5) is 11.8. The second-order valence-electron chi connectivity index (χ2n) is 4.80. The maximum atomic E-state index is 12.0. The van der Waals surface area contributed by atoms with Gasteiger partial charge in [-0.3, -0.25) is 9.89 Å². The molecular weight excluding hydrogens is 268 g/mol. The first kappa shape index (κ1) is 15.6. The van der Waals surface area contributed by atoms with Crippen LogP contribution in [0.1, 0.15) is 56.2 Å². The van der Waals surface area contributed by atoms with E-state index in [1.807, 2.05) is 13.8 Å². The van der Waals surface area contributed by atoms with E-state index in [1.165, 1.54) is 0 Å². The van der Waals surface area contributed by atoms with Gasteiger partial charge in [0.25, 0.3) is 5.91 Å². The third-order valence-electron chi connectivity index (χ3n) is 2.81. The quantitative estimate of drug-likeness (QED) is 0.739. The molecule has 4 N–H and O–H groups in total. The molecule has 0 bridgehead atoms. The number of aromatic amines is 1. The van der Waals surface area contributed by atoms with Gasteiger partial charge in [-0.05, 0) is 19.3 Å². The summed E-state index contributed by atoms with van der Waals surface area (Å²) in [6.45, 7) is 7.32. The number of hydrogen-bond acceptors (Lipinski definition) is 4. The number of carbonyl (C=O) groups is 1. The number of aromatic nitrogens is 2. The van der Waals surface area contributed by atoms with Crippen molar-refractivity contribution in [3.05, 3.63) is 11.4 Å². The highest BCUT2D eigenvalue weighted by Gasteiger charge is 2.28. The van der Waals surface area contributed by atoms with E-state index in [4.69, 9.17) is 5.14 Å². The highest BCUT2D eigenvalue weighted by atomic mass is 32.2. The molecule has 1 atom stereocenters. The van der Waals surface area contributed by atoms with Crippen molar-refractivity contribution in [3.63, 3.8) is 0 Å². The van der Waals surface area contributed by atoms with Gasteiger partial charge in [0.15, 0.2) is 5.69 Å². The smallest absolute Gasteiger partial charge is 0.273 e. The van der Waals surface area contributed by atoms with E-state index < -0.39 is 15.9 Å². The zero-order valence-corrected chi connectivity index (χ0v) is 12.3. The van der Waals surface area contributed by atoms with Crippen LogP contribution in [0.5, 0.6) is 0 Å². The molecule has 0 aliphatic rings. The van der Waals surface area contributed by atoms with E-state index in [-0.39, 0.29) is 22.5 Å². The lowest BCUT2D eigenvalue weighted by molar-refractivity contribution is 0.0931. The first-order valence-electron chi connectivity index (χ1n) is 6.10. The Morgan fingerprint density at radius 1 is 1.42 bits per heavy atom. The number of nitrogens with zero attached hydrogens (tertiary/aromatic N) is 1. The molecule has 0 saturated carbocycles. The van der Waals surface area contributed by atoms with E-state index in [0.29, 0.717) is 5.69 Å². The molecule has 0 aliphatic heterocycles. The Bertz CT molecular complexity index is 562. The first-order chi connectivity index (χ1) is 8.68. The second kappa shape index (κ2) is 5.70. The number of hydrogen-bond donors (Lipinski definition) is 3. The zero-order chi connectivity index (χ0) is 14.8. The molecule has 1 heterocycles. The predicted molar refractivity (Wildman–Crippen MR) is 71.3 cm³/mol. The van der Waals surface area contributed by atoms with Crippen LogP contribution in [0.4, 0.5) is 0 Å². The molecule has 7 nitrogen and oxygen atoms in total. The molecule has 1 aromatic heterocycles. The summed E-state index contributed by atoms with van der Waals surface area (Å²) >= 11 is 0. The van der Waals surface area contributed by atoms with Crippen molar-refractivity contribution in [1.29, 1.82) is 0 Å². The number of sulfonamides is 1. The summed E-state index contributed by atoms with van der Waals surface area (Å²) in [6, 6.07) is -0.0694. The van der Waals surface area contributed by atoms with Gasteiger partial charge in [0.1, 0.15) is 4.90 Å². The molecule has 1 amide bonds. The molecular formula is C11H20N4O3S. The van der Waals surface area contributed by atoms with Crippen molar-refractivity contribution < 1.29 is 13.2 Å². The van der Waals surface area contributed by atoms with Crippen LogP contribution >= 0.6 is 0 Å². The summed E-state index contributed by atoms with van der Waals surface area (Å²) in [7, 11) is -4.01. The molecule has 19 heavy (non-hydrogen) atoms. The predicted octanol–water partition coefficient (Wildman–Crippen LogP) is 0.709. The normalized spacial score (nSPS) is 13.6. The van der Waals surface area contributed by atoms with E-state index in [1.54, 1.807) is 13.8 Å². The fourth-order valence-electron chi connectivity index (χ4n) is 1.57. The van der Waals surface area contributed by atoms with Crippen LogP contribution in [0.2, 0.25) is 0 Å². The molecule has 0 saturated heterocycles. The molecule has 1 unspecified atom stereocenters. The average molecular weight is 288 g/mol. The van der Waals surface area contributed by atoms with Gasteiger partial charge in [-0.15, -0.1) is 0 Å². The van der Waals surface area contributed by atoms with Crippen LogP contribution in [0.15, 0.2) is 4.90 Å². The molecule has 0 radical (unpaired) electrons. The summed E-state index contributed by atoms with van der Waals surface area (Å²) in [5.41, 5.74) is 0.170. The summed E-state index contributed by atoms with van der Waals surface area (Å²) < 4.78 is 23.3. The summed E-state index contributed by atoms with van der Waals surface area (Å²) in [5, 5.41) is 14.2. The van der Waals surface area contributed by atoms with Gasteiger partial charge >= 0.3 is 0 Å². The third-order valence-corrected chi connectivity index (χ3v) is 3.80. The van der Waals surface area contributed by atoms with E-state index in [0.717, 1.165) is 6.42 Å². The van der Waals surface area contributed by atoms with Gasteiger partial charge in [0.05, 0.1) is 5.69 Å². The summed E-state index contributed by atoms with van der Waals surface area (Å²) in [6.07, 6.45) is 0.734. The van der Waals surface area contributed by atoms with Crippen LogP contribution in [-0.4, -0.2) is 30.6 Å². The maximum absolute atomic E-state index is 12.0. The SMILES string of the molecule is CCC(C)NC(=O)c1n[nH]c(C(C)C)c1S(N)(=O)=O. The number of nitrogens with two attached hydrogens (primary N) is 1. The number of rotatable bonds is 5. The molecule has 0 aromatic carbocycles.